The second-order valence-corrected chi connectivity index (χ2v) is 8.81. The zero-order chi connectivity index (χ0) is 25.8. The average Bonchev–Trinajstić information content (AvgIpc) is 3.31. The predicted octanol–water partition coefficient (Wildman–Crippen LogP) is 2.49. The quantitative estimate of drug-likeness (QED) is 0.555. The van der Waals surface area contributed by atoms with E-state index >= 15 is 0 Å². The molecule has 1 saturated heterocycles. The number of ether oxygens (including phenoxy) is 1. The van der Waals surface area contributed by atoms with E-state index in [0.717, 1.165) is 6.42 Å². The van der Waals surface area contributed by atoms with E-state index in [1.807, 2.05) is 18.0 Å². The van der Waals surface area contributed by atoms with Crippen molar-refractivity contribution < 1.29 is 19.1 Å². The normalized spacial score (nSPS) is 18.3. The number of likely N-dealkylation sites (tertiary alicyclic amines) is 1. The Kier molecular flexibility index (Phi) is 7.15. The Bertz CT molecular complexity index is 1320. The number of carbonyl (C=O) groups excluding carboxylic acids is 3. The van der Waals surface area contributed by atoms with Crippen LogP contribution in [0.3, 0.4) is 0 Å². The van der Waals surface area contributed by atoms with Crippen LogP contribution in [0.1, 0.15) is 36.2 Å². The van der Waals surface area contributed by atoms with Gasteiger partial charge in [0.25, 0.3) is 5.91 Å². The maximum absolute atomic E-state index is 13.5. The molecule has 2 amide bonds. The molecule has 3 aromatic rings. The summed E-state index contributed by atoms with van der Waals surface area (Å²) in [6, 6.07) is 12.2. The summed E-state index contributed by atoms with van der Waals surface area (Å²) in [6.07, 6.45) is 1.27. The number of primary amides is 1. The SMILES string of the molecule is C[C@@H]1CCN(C(=O)CC#N)C[C@@H]1N(C)c1ncnc2c1ccn2C(=O)[C@@H](OC(N)=O)c1ccccc1. The van der Waals surface area contributed by atoms with Gasteiger partial charge in [0.05, 0.1) is 17.5 Å². The van der Waals surface area contributed by atoms with Crippen molar-refractivity contribution in [3.8, 4) is 6.07 Å². The minimum absolute atomic E-state index is 0.0474. The Labute approximate surface area is 208 Å². The summed E-state index contributed by atoms with van der Waals surface area (Å²) in [5, 5.41) is 9.54. The topological polar surface area (TPSA) is 147 Å². The summed E-state index contributed by atoms with van der Waals surface area (Å²) >= 11 is 0. The molecule has 0 unspecified atom stereocenters. The number of rotatable bonds is 6. The van der Waals surface area contributed by atoms with Crippen molar-refractivity contribution in [1.29, 1.82) is 5.26 Å². The number of nitrogens with zero attached hydrogens (tertiary/aromatic N) is 6. The van der Waals surface area contributed by atoms with Crippen molar-refractivity contribution >= 4 is 34.8 Å². The fourth-order valence-corrected chi connectivity index (χ4v) is 4.64. The van der Waals surface area contributed by atoms with Gasteiger partial charge < -0.3 is 20.3 Å². The molecule has 1 aromatic carbocycles. The van der Waals surface area contributed by atoms with Gasteiger partial charge in [-0.25, -0.2) is 14.8 Å². The third kappa shape index (κ3) is 4.84. The standard InChI is InChI=1S/C25H27N7O4/c1-16-9-12-31(20(33)8-11-26)14-19(16)30(2)22-18-10-13-32(23(18)29-15-28-22)24(34)21(36-25(27)35)17-6-4-3-5-7-17/h3-7,10,13,15-16,19,21H,8-9,12,14H2,1-2H3,(H2,27,35)/t16-,19+,21+/m1/s1. The highest BCUT2D eigenvalue weighted by atomic mass is 16.6. The van der Waals surface area contributed by atoms with E-state index < -0.39 is 18.1 Å². The average molecular weight is 490 g/mol. The van der Waals surface area contributed by atoms with Crippen LogP contribution in [0.4, 0.5) is 10.6 Å². The molecule has 186 valence electrons. The predicted molar refractivity (Wildman–Crippen MR) is 131 cm³/mol. The van der Waals surface area contributed by atoms with Gasteiger partial charge in [0.15, 0.2) is 5.65 Å². The summed E-state index contributed by atoms with van der Waals surface area (Å²) in [5.41, 5.74) is 6.08. The number of fused-ring (bicyclic) bond motifs is 1. The number of hydrogen-bond acceptors (Lipinski definition) is 8. The molecule has 0 aliphatic carbocycles. The second-order valence-electron chi connectivity index (χ2n) is 8.81. The first-order chi connectivity index (χ1) is 17.3. The third-order valence-corrected chi connectivity index (χ3v) is 6.59. The zero-order valence-electron chi connectivity index (χ0n) is 20.1. The Morgan fingerprint density at radius 2 is 2.00 bits per heavy atom. The number of benzene rings is 1. The lowest BCUT2D eigenvalue weighted by molar-refractivity contribution is -0.131. The monoisotopic (exact) mass is 489 g/mol. The third-order valence-electron chi connectivity index (χ3n) is 6.59. The van der Waals surface area contributed by atoms with Crippen LogP contribution in [-0.2, 0) is 9.53 Å². The van der Waals surface area contributed by atoms with Crippen molar-refractivity contribution in [1.82, 2.24) is 19.4 Å². The van der Waals surface area contributed by atoms with Gasteiger partial charge in [0, 0.05) is 31.9 Å². The number of amides is 2. The molecule has 4 rings (SSSR count). The molecule has 0 spiro atoms. The number of likely N-dealkylation sites (N-methyl/N-ethyl adjacent to an activating group) is 1. The van der Waals surface area contributed by atoms with E-state index in [4.69, 9.17) is 15.7 Å². The highest BCUT2D eigenvalue weighted by molar-refractivity contribution is 5.97. The van der Waals surface area contributed by atoms with Crippen LogP contribution in [-0.4, -0.2) is 63.5 Å². The molecule has 11 nitrogen and oxygen atoms in total. The van der Waals surface area contributed by atoms with Crippen LogP contribution in [0.2, 0.25) is 0 Å². The van der Waals surface area contributed by atoms with Crippen LogP contribution in [0.5, 0.6) is 0 Å². The molecule has 11 heteroatoms. The molecule has 1 aliphatic heterocycles. The molecule has 1 aliphatic rings. The van der Waals surface area contributed by atoms with Crippen molar-refractivity contribution in [2.75, 3.05) is 25.0 Å². The van der Waals surface area contributed by atoms with Gasteiger partial charge in [-0.2, -0.15) is 5.26 Å². The van der Waals surface area contributed by atoms with E-state index in [-0.39, 0.29) is 24.3 Å². The molecule has 2 aromatic heterocycles. The van der Waals surface area contributed by atoms with Crippen molar-refractivity contribution in [3.63, 3.8) is 0 Å². The van der Waals surface area contributed by atoms with E-state index in [1.54, 1.807) is 47.5 Å². The van der Waals surface area contributed by atoms with Crippen LogP contribution >= 0.6 is 0 Å². The first-order valence-corrected chi connectivity index (χ1v) is 11.6. The number of carbonyl (C=O) groups is 3. The largest absolute Gasteiger partial charge is 0.431 e. The Morgan fingerprint density at radius 1 is 1.25 bits per heavy atom. The number of aromatic nitrogens is 3. The van der Waals surface area contributed by atoms with Crippen molar-refractivity contribution in [2.45, 2.75) is 31.9 Å². The van der Waals surface area contributed by atoms with Crippen LogP contribution in [0.25, 0.3) is 11.0 Å². The molecule has 0 radical (unpaired) electrons. The maximum Gasteiger partial charge on any atom is 0.405 e. The fourth-order valence-electron chi connectivity index (χ4n) is 4.64. The molecule has 1 fully saturated rings. The van der Waals surface area contributed by atoms with Crippen LogP contribution in [0, 0.1) is 17.2 Å². The summed E-state index contributed by atoms with van der Waals surface area (Å²) in [7, 11) is 1.89. The smallest absolute Gasteiger partial charge is 0.405 e. The summed E-state index contributed by atoms with van der Waals surface area (Å²) in [5.74, 6) is 0.154. The molecular weight excluding hydrogens is 462 g/mol. The minimum atomic E-state index is -1.24. The molecule has 3 heterocycles. The zero-order valence-corrected chi connectivity index (χ0v) is 20.1. The van der Waals surface area contributed by atoms with Gasteiger partial charge in [-0.15, -0.1) is 0 Å². The lowest BCUT2D eigenvalue weighted by Gasteiger charge is -2.42. The van der Waals surface area contributed by atoms with Gasteiger partial charge >= 0.3 is 6.09 Å². The molecular formula is C25H27N7O4. The second kappa shape index (κ2) is 10.4. The lowest BCUT2D eigenvalue weighted by atomic mass is 9.92. The Morgan fingerprint density at radius 3 is 2.69 bits per heavy atom. The van der Waals surface area contributed by atoms with E-state index in [2.05, 4.69) is 16.9 Å². The number of nitriles is 1. The summed E-state index contributed by atoms with van der Waals surface area (Å²) in [6.45, 7) is 3.19. The number of piperidine rings is 1. The molecule has 2 N–H and O–H groups in total. The fraction of sp³-hybridized carbons (Fsp3) is 0.360. The molecule has 0 saturated carbocycles. The molecule has 36 heavy (non-hydrogen) atoms. The van der Waals surface area contributed by atoms with Crippen molar-refractivity contribution in [3.05, 3.63) is 54.5 Å². The Balaban J connectivity index is 1.66. The van der Waals surface area contributed by atoms with Gasteiger partial charge in [0.2, 0.25) is 12.0 Å². The number of hydrogen-bond donors (Lipinski definition) is 1. The summed E-state index contributed by atoms with van der Waals surface area (Å²) < 4.78 is 6.49. The highest BCUT2D eigenvalue weighted by Gasteiger charge is 2.33. The van der Waals surface area contributed by atoms with Gasteiger partial charge in [-0.1, -0.05) is 37.3 Å². The lowest BCUT2D eigenvalue weighted by Crippen LogP contribution is -2.52. The maximum atomic E-state index is 13.5. The van der Waals surface area contributed by atoms with E-state index in [1.165, 1.54) is 10.9 Å². The van der Waals surface area contributed by atoms with E-state index in [9.17, 15) is 14.4 Å². The molecule has 0 bridgehead atoms. The van der Waals surface area contributed by atoms with Crippen molar-refractivity contribution in [2.24, 2.45) is 11.7 Å². The number of anilines is 1. The summed E-state index contributed by atoms with van der Waals surface area (Å²) in [4.78, 5) is 49.8. The highest BCUT2D eigenvalue weighted by Crippen LogP contribution is 2.31. The van der Waals surface area contributed by atoms with E-state index in [0.29, 0.717) is 35.5 Å². The van der Waals surface area contributed by atoms with Gasteiger partial charge in [-0.3, -0.25) is 14.2 Å². The van der Waals surface area contributed by atoms with Gasteiger partial charge in [-0.05, 0) is 18.4 Å². The van der Waals surface area contributed by atoms with Crippen LogP contribution < -0.4 is 10.6 Å². The first-order valence-electron chi connectivity index (χ1n) is 11.6. The molecule has 3 atom stereocenters. The number of nitrogens with two attached hydrogens (primary N) is 1. The van der Waals surface area contributed by atoms with Gasteiger partial charge in [0.1, 0.15) is 18.6 Å². The minimum Gasteiger partial charge on any atom is -0.431 e. The van der Waals surface area contributed by atoms with Crippen LogP contribution in [0.15, 0.2) is 48.9 Å². The first kappa shape index (κ1) is 24.7. The Hall–Kier alpha value is -4.46.